The van der Waals surface area contributed by atoms with Crippen LogP contribution in [-0.2, 0) is 0 Å². The molecule has 0 aromatic rings. The Kier molecular flexibility index (Phi) is 1.13. The Morgan fingerprint density at radius 1 is 1.50 bits per heavy atom. The van der Waals surface area contributed by atoms with Crippen molar-refractivity contribution in [3.05, 3.63) is 12.4 Å². The van der Waals surface area contributed by atoms with Gasteiger partial charge in [0.1, 0.15) is 6.17 Å². The molecule has 3 heteroatoms. The third-order valence-corrected chi connectivity index (χ3v) is 1.43. The van der Waals surface area contributed by atoms with E-state index in [1.165, 1.54) is 5.06 Å². The molecule has 1 rings (SSSR count). The van der Waals surface area contributed by atoms with Gasteiger partial charge in [-0.3, -0.25) is 5.21 Å². The Balaban J connectivity index is 2.55. The molecule has 0 aromatic carbocycles. The Hall–Kier alpha value is -0.700. The van der Waals surface area contributed by atoms with Gasteiger partial charge < -0.3 is 4.90 Å². The van der Waals surface area contributed by atoms with E-state index in [1.807, 2.05) is 25.1 Å². The van der Waals surface area contributed by atoms with Gasteiger partial charge in [-0.05, 0) is 6.92 Å². The van der Waals surface area contributed by atoms with Crippen LogP contribution in [0.15, 0.2) is 12.4 Å². The summed E-state index contributed by atoms with van der Waals surface area (Å²) in [5.74, 6) is 0. The van der Waals surface area contributed by atoms with Gasteiger partial charge in [0.25, 0.3) is 0 Å². The summed E-state index contributed by atoms with van der Waals surface area (Å²) in [4.78, 5) is 1.92. The summed E-state index contributed by atoms with van der Waals surface area (Å²) in [5, 5.41) is 10.0. The van der Waals surface area contributed by atoms with Crippen molar-refractivity contribution >= 4 is 0 Å². The van der Waals surface area contributed by atoms with E-state index in [0.717, 1.165) is 0 Å². The Morgan fingerprint density at radius 3 is 2.25 bits per heavy atom. The van der Waals surface area contributed by atoms with Gasteiger partial charge in [-0.2, -0.15) is 0 Å². The summed E-state index contributed by atoms with van der Waals surface area (Å²) < 4.78 is 0. The average Bonchev–Trinajstić information content (AvgIpc) is 1.98. The zero-order valence-corrected chi connectivity index (χ0v) is 5.07. The first-order valence-corrected chi connectivity index (χ1v) is 2.59. The van der Waals surface area contributed by atoms with Gasteiger partial charge in [0.15, 0.2) is 0 Å². The molecule has 1 unspecified atom stereocenters. The van der Waals surface area contributed by atoms with Crippen molar-refractivity contribution in [2.75, 3.05) is 7.05 Å². The fourth-order valence-electron chi connectivity index (χ4n) is 0.609. The number of nitrogens with zero attached hydrogens (tertiary/aromatic N) is 2. The number of rotatable bonds is 0. The van der Waals surface area contributed by atoms with Crippen molar-refractivity contribution < 1.29 is 5.21 Å². The second-order valence-corrected chi connectivity index (χ2v) is 1.98. The van der Waals surface area contributed by atoms with Gasteiger partial charge in [0.2, 0.25) is 0 Å². The second-order valence-electron chi connectivity index (χ2n) is 1.98. The fraction of sp³-hybridized carbons (Fsp3) is 0.600. The molecule has 0 amide bonds. The minimum Gasteiger partial charge on any atom is -0.357 e. The first-order chi connectivity index (χ1) is 3.72. The van der Waals surface area contributed by atoms with Crippen LogP contribution in [0.1, 0.15) is 6.92 Å². The SMILES string of the molecule is CC1N(C)C=CN1O. The first kappa shape index (κ1) is 5.44. The molecule has 0 spiro atoms. The summed E-state index contributed by atoms with van der Waals surface area (Å²) in [7, 11) is 1.91. The van der Waals surface area contributed by atoms with Crippen molar-refractivity contribution in [2.24, 2.45) is 0 Å². The van der Waals surface area contributed by atoms with Crippen LogP contribution in [0.5, 0.6) is 0 Å². The molecule has 0 aromatic heterocycles. The number of hydrogen-bond acceptors (Lipinski definition) is 3. The van der Waals surface area contributed by atoms with E-state index in [-0.39, 0.29) is 6.17 Å². The van der Waals surface area contributed by atoms with E-state index in [1.54, 1.807) is 6.20 Å². The van der Waals surface area contributed by atoms with Crippen LogP contribution in [0.2, 0.25) is 0 Å². The van der Waals surface area contributed by atoms with Gasteiger partial charge in [-0.25, -0.2) is 5.06 Å². The number of hydrogen-bond donors (Lipinski definition) is 1. The highest BCUT2D eigenvalue weighted by Crippen LogP contribution is 2.08. The lowest BCUT2D eigenvalue weighted by atomic mass is 10.5. The van der Waals surface area contributed by atoms with Crippen molar-refractivity contribution in [1.29, 1.82) is 0 Å². The molecule has 0 bridgehead atoms. The maximum absolute atomic E-state index is 8.87. The maximum Gasteiger partial charge on any atom is 0.123 e. The Bertz CT molecular complexity index is 101. The molecule has 1 heterocycles. The van der Waals surface area contributed by atoms with Gasteiger partial charge in [-0.1, -0.05) is 0 Å². The lowest BCUT2D eigenvalue weighted by Crippen LogP contribution is -2.30. The molecule has 1 N–H and O–H groups in total. The zero-order valence-electron chi connectivity index (χ0n) is 5.07. The van der Waals surface area contributed by atoms with Gasteiger partial charge in [-0.15, -0.1) is 0 Å². The van der Waals surface area contributed by atoms with Crippen LogP contribution in [0, 0.1) is 0 Å². The van der Waals surface area contributed by atoms with E-state index in [2.05, 4.69) is 0 Å². The summed E-state index contributed by atoms with van der Waals surface area (Å²) in [6.07, 6.45) is 3.55. The highest BCUT2D eigenvalue weighted by molar-refractivity contribution is 4.88. The molecule has 46 valence electrons. The Labute approximate surface area is 48.8 Å². The maximum atomic E-state index is 8.87. The molecular formula is C5H10N2O. The fourth-order valence-corrected chi connectivity index (χ4v) is 0.609. The molecule has 1 aliphatic rings. The highest BCUT2D eigenvalue weighted by atomic mass is 16.5. The standard InChI is InChI=1S/C5H10N2O/c1-5-6(2)3-4-7(5)8/h3-5,8H,1-2H3. The second kappa shape index (κ2) is 1.67. The summed E-state index contributed by atoms with van der Waals surface area (Å²) >= 11 is 0. The van der Waals surface area contributed by atoms with Crippen molar-refractivity contribution in [1.82, 2.24) is 9.96 Å². The molecule has 0 saturated heterocycles. The number of hydroxylamine groups is 2. The van der Waals surface area contributed by atoms with E-state index in [4.69, 9.17) is 5.21 Å². The van der Waals surface area contributed by atoms with E-state index < -0.39 is 0 Å². The normalized spacial score (nSPS) is 27.6. The predicted molar refractivity (Wildman–Crippen MR) is 30.0 cm³/mol. The van der Waals surface area contributed by atoms with E-state index in [9.17, 15) is 0 Å². The smallest absolute Gasteiger partial charge is 0.123 e. The highest BCUT2D eigenvalue weighted by Gasteiger charge is 2.14. The summed E-state index contributed by atoms with van der Waals surface area (Å²) in [6.45, 7) is 1.92. The average molecular weight is 114 g/mol. The molecule has 0 fully saturated rings. The van der Waals surface area contributed by atoms with Gasteiger partial charge in [0, 0.05) is 19.4 Å². The largest absolute Gasteiger partial charge is 0.357 e. The van der Waals surface area contributed by atoms with Crippen molar-refractivity contribution in [2.45, 2.75) is 13.1 Å². The summed E-state index contributed by atoms with van der Waals surface area (Å²) in [6, 6.07) is 0. The van der Waals surface area contributed by atoms with E-state index >= 15 is 0 Å². The van der Waals surface area contributed by atoms with Crippen LogP contribution in [0.4, 0.5) is 0 Å². The third kappa shape index (κ3) is 0.648. The van der Waals surface area contributed by atoms with Crippen LogP contribution in [0.25, 0.3) is 0 Å². The van der Waals surface area contributed by atoms with Crippen LogP contribution >= 0.6 is 0 Å². The molecule has 1 atom stereocenters. The quantitative estimate of drug-likeness (QED) is 0.495. The van der Waals surface area contributed by atoms with Crippen molar-refractivity contribution in [3.63, 3.8) is 0 Å². The van der Waals surface area contributed by atoms with Crippen LogP contribution in [-0.4, -0.2) is 28.4 Å². The molecular weight excluding hydrogens is 104 g/mol. The van der Waals surface area contributed by atoms with Gasteiger partial charge in [0.05, 0.1) is 0 Å². The first-order valence-electron chi connectivity index (χ1n) is 2.59. The zero-order chi connectivity index (χ0) is 6.15. The topological polar surface area (TPSA) is 26.7 Å². The summed E-state index contributed by atoms with van der Waals surface area (Å²) in [5.41, 5.74) is 0. The van der Waals surface area contributed by atoms with Crippen LogP contribution < -0.4 is 0 Å². The van der Waals surface area contributed by atoms with Crippen molar-refractivity contribution in [3.8, 4) is 0 Å². The minimum absolute atomic E-state index is 0.0926. The molecule has 1 aliphatic heterocycles. The lowest BCUT2D eigenvalue weighted by Gasteiger charge is -2.20. The molecule has 0 radical (unpaired) electrons. The Morgan fingerprint density at radius 2 is 2.12 bits per heavy atom. The third-order valence-electron chi connectivity index (χ3n) is 1.43. The lowest BCUT2D eigenvalue weighted by molar-refractivity contribution is -0.0918. The van der Waals surface area contributed by atoms with Gasteiger partial charge >= 0.3 is 0 Å². The molecule has 8 heavy (non-hydrogen) atoms. The monoisotopic (exact) mass is 114 g/mol. The molecule has 0 saturated carbocycles. The minimum atomic E-state index is 0.0926. The predicted octanol–water partition coefficient (Wildman–Crippen LogP) is 0.440. The molecule has 3 nitrogen and oxygen atoms in total. The van der Waals surface area contributed by atoms with E-state index in [0.29, 0.717) is 0 Å². The van der Waals surface area contributed by atoms with Crippen LogP contribution in [0.3, 0.4) is 0 Å². The molecule has 0 aliphatic carbocycles.